The van der Waals surface area contributed by atoms with Crippen molar-refractivity contribution in [1.82, 2.24) is 0 Å². The van der Waals surface area contributed by atoms with Crippen LogP contribution in [0.15, 0.2) is 27.9 Å². The molecule has 0 amide bonds. The normalized spacial score (nSPS) is 16.3. The summed E-state index contributed by atoms with van der Waals surface area (Å²) in [4.78, 5) is 0. The molecule has 1 aromatic carbocycles. The Bertz CT molecular complexity index is 418. The number of aliphatic hydroxyl groups is 1. The fourth-order valence-electron chi connectivity index (χ4n) is 1.41. The molecule has 1 atom stereocenters. The Morgan fingerprint density at radius 2 is 2.19 bits per heavy atom. The van der Waals surface area contributed by atoms with E-state index in [1.165, 1.54) is 0 Å². The largest absolute Gasteiger partial charge is 0.454 e. The second-order valence-corrected chi connectivity index (χ2v) is 5.45. The van der Waals surface area contributed by atoms with E-state index in [1.54, 1.807) is 0 Å². The van der Waals surface area contributed by atoms with Gasteiger partial charge in [-0.3, -0.25) is 0 Å². The number of ether oxygens (including phenoxy) is 2. The molecule has 1 aliphatic heterocycles. The number of hydrogen-bond acceptors (Lipinski definition) is 3. The first kappa shape index (κ1) is 12.4. The van der Waals surface area contributed by atoms with E-state index in [1.807, 2.05) is 24.3 Å². The van der Waals surface area contributed by atoms with Crippen molar-refractivity contribution in [3.05, 3.63) is 33.4 Å². The summed E-state index contributed by atoms with van der Waals surface area (Å²) in [6.45, 7) is 0.260. The van der Waals surface area contributed by atoms with E-state index in [2.05, 4.69) is 45.2 Å². The molecule has 1 heterocycles. The van der Waals surface area contributed by atoms with Crippen LogP contribution in [-0.2, 0) is 0 Å². The molecular formula is C11H10I2O3. The van der Waals surface area contributed by atoms with E-state index >= 15 is 0 Å². The molecule has 0 radical (unpaired) electrons. The molecule has 1 aliphatic rings. The molecule has 1 unspecified atom stereocenters. The van der Waals surface area contributed by atoms with Crippen molar-refractivity contribution < 1.29 is 14.6 Å². The molecule has 16 heavy (non-hydrogen) atoms. The van der Waals surface area contributed by atoms with Crippen molar-refractivity contribution in [2.45, 2.75) is 6.10 Å². The molecule has 0 saturated heterocycles. The quantitative estimate of drug-likeness (QED) is 0.576. The Morgan fingerprint density at radius 3 is 2.94 bits per heavy atom. The van der Waals surface area contributed by atoms with E-state index in [0.717, 1.165) is 19.3 Å². The Balaban J connectivity index is 2.21. The highest BCUT2D eigenvalue weighted by Crippen LogP contribution is 2.34. The molecule has 86 valence electrons. The lowest BCUT2D eigenvalue weighted by Gasteiger charge is -2.07. The first-order valence-corrected chi connectivity index (χ1v) is 7.31. The number of fused-ring (bicyclic) bond motifs is 1. The first-order valence-electron chi connectivity index (χ1n) is 4.70. The zero-order chi connectivity index (χ0) is 11.5. The van der Waals surface area contributed by atoms with Crippen molar-refractivity contribution in [1.29, 1.82) is 0 Å². The van der Waals surface area contributed by atoms with Gasteiger partial charge in [-0.15, -0.1) is 0 Å². The van der Waals surface area contributed by atoms with Crippen LogP contribution in [-0.4, -0.2) is 16.3 Å². The summed E-state index contributed by atoms with van der Waals surface area (Å²) in [7, 11) is 0. The van der Waals surface area contributed by atoms with Crippen molar-refractivity contribution in [2.75, 3.05) is 11.2 Å². The van der Waals surface area contributed by atoms with Crippen LogP contribution < -0.4 is 9.47 Å². The molecule has 3 nitrogen and oxygen atoms in total. The third-order valence-electron chi connectivity index (χ3n) is 2.20. The fourth-order valence-corrected chi connectivity index (χ4v) is 2.00. The van der Waals surface area contributed by atoms with Gasteiger partial charge in [-0.25, -0.2) is 0 Å². The molecule has 1 aromatic rings. The van der Waals surface area contributed by atoms with Gasteiger partial charge in [0.15, 0.2) is 11.5 Å². The van der Waals surface area contributed by atoms with E-state index in [-0.39, 0.29) is 6.79 Å². The Labute approximate surface area is 121 Å². The molecule has 0 spiro atoms. The summed E-state index contributed by atoms with van der Waals surface area (Å²) < 4.78 is 12.5. The summed E-state index contributed by atoms with van der Waals surface area (Å²) in [5.41, 5.74) is 0.822. The van der Waals surface area contributed by atoms with Gasteiger partial charge in [0.25, 0.3) is 0 Å². The first-order chi connectivity index (χ1) is 7.70. The zero-order valence-corrected chi connectivity index (χ0v) is 12.6. The smallest absolute Gasteiger partial charge is 0.231 e. The SMILES string of the molecule is OC(/C=C(\I)CI)c1ccc2c(c1)OCO2. The van der Waals surface area contributed by atoms with Crippen LogP contribution in [0.4, 0.5) is 0 Å². The lowest BCUT2D eigenvalue weighted by molar-refractivity contribution is 0.173. The predicted octanol–water partition coefficient (Wildman–Crippen LogP) is 3.20. The second kappa shape index (κ2) is 5.54. The summed E-state index contributed by atoms with van der Waals surface area (Å²) >= 11 is 4.49. The van der Waals surface area contributed by atoms with E-state index in [4.69, 9.17) is 9.47 Å². The Kier molecular flexibility index (Phi) is 4.31. The van der Waals surface area contributed by atoms with Crippen molar-refractivity contribution >= 4 is 45.2 Å². The summed E-state index contributed by atoms with van der Waals surface area (Å²) in [6.07, 6.45) is 1.25. The number of rotatable bonds is 3. The summed E-state index contributed by atoms with van der Waals surface area (Å²) in [5.74, 6) is 1.44. The fraction of sp³-hybridized carbons (Fsp3) is 0.273. The van der Waals surface area contributed by atoms with Gasteiger partial charge in [-0.1, -0.05) is 28.7 Å². The van der Waals surface area contributed by atoms with Gasteiger partial charge in [-0.05, 0) is 49.9 Å². The van der Waals surface area contributed by atoms with Gasteiger partial charge in [0.2, 0.25) is 6.79 Å². The molecule has 0 fully saturated rings. The van der Waals surface area contributed by atoms with Crippen LogP contribution in [0, 0.1) is 0 Å². The van der Waals surface area contributed by atoms with Crippen LogP contribution in [0.5, 0.6) is 11.5 Å². The highest BCUT2D eigenvalue weighted by atomic mass is 127. The lowest BCUT2D eigenvalue weighted by Crippen LogP contribution is -1.94. The van der Waals surface area contributed by atoms with Gasteiger partial charge in [0.1, 0.15) is 0 Å². The molecule has 5 heteroatoms. The number of halogens is 2. The Morgan fingerprint density at radius 1 is 1.44 bits per heavy atom. The monoisotopic (exact) mass is 444 g/mol. The van der Waals surface area contributed by atoms with E-state index in [0.29, 0.717) is 5.75 Å². The lowest BCUT2D eigenvalue weighted by atomic mass is 10.1. The molecule has 0 aromatic heterocycles. The number of hydrogen-bond donors (Lipinski definition) is 1. The highest BCUT2D eigenvalue weighted by molar-refractivity contribution is 14.1. The molecule has 0 aliphatic carbocycles. The van der Waals surface area contributed by atoms with Crippen molar-refractivity contribution in [2.24, 2.45) is 0 Å². The molecule has 2 rings (SSSR count). The number of aliphatic hydroxyl groups excluding tert-OH is 1. The van der Waals surface area contributed by atoms with Crippen LogP contribution >= 0.6 is 45.2 Å². The number of benzene rings is 1. The predicted molar refractivity (Wildman–Crippen MR) is 78.5 cm³/mol. The van der Waals surface area contributed by atoms with Crippen molar-refractivity contribution in [3.8, 4) is 11.5 Å². The minimum atomic E-state index is -0.587. The molecule has 0 saturated carbocycles. The highest BCUT2D eigenvalue weighted by Gasteiger charge is 2.15. The van der Waals surface area contributed by atoms with Crippen LogP contribution in [0.3, 0.4) is 0 Å². The maximum absolute atomic E-state index is 9.97. The molecule has 1 N–H and O–H groups in total. The van der Waals surface area contributed by atoms with Gasteiger partial charge < -0.3 is 14.6 Å². The van der Waals surface area contributed by atoms with Crippen molar-refractivity contribution in [3.63, 3.8) is 0 Å². The standard InChI is InChI=1S/C11H10I2O3/c12-5-8(13)4-9(14)7-1-2-10-11(3-7)16-6-15-10/h1-4,9,14H,5-6H2/b8-4-. The zero-order valence-electron chi connectivity index (χ0n) is 8.32. The summed E-state index contributed by atoms with van der Waals surface area (Å²) in [6, 6.07) is 5.50. The topological polar surface area (TPSA) is 38.7 Å². The maximum Gasteiger partial charge on any atom is 0.231 e. The van der Waals surface area contributed by atoms with Gasteiger partial charge in [0.05, 0.1) is 6.10 Å². The Hall–Kier alpha value is -0.0200. The van der Waals surface area contributed by atoms with E-state index < -0.39 is 6.10 Å². The van der Waals surface area contributed by atoms with Crippen LogP contribution in [0.2, 0.25) is 0 Å². The second-order valence-electron chi connectivity index (χ2n) is 3.30. The van der Waals surface area contributed by atoms with Crippen LogP contribution in [0.1, 0.15) is 11.7 Å². The maximum atomic E-state index is 9.97. The molecule has 0 bridgehead atoms. The minimum absolute atomic E-state index is 0.260. The molecular weight excluding hydrogens is 434 g/mol. The minimum Gasteiger partial charge on any atom is -0.454 e. The number of allylic oxidation sites excluding steroid dienone is 1. The van der Waals surface area contributed by atoms with Gasteiger partial charge >= 0.3 is 0 Å². The van der Waals surface area contributed by atoms with Crippen LogP contribution in [0.25, 0.3) is 0 Å². The number of alkyl halides is 1. The van der Waals surface area contributed by atoms with E-state index in [9.17, 15) is 5.11 Å². The van der Waals surface area contributed by atoms with Gasteiger partial charge in [-0.2, -0.15) is 0 Å². The average Bonchev–Trinajstić information content (AvgIpc) is 2.75. The third-order valence-corrected chi connectivity index (χ3v) is 5.23. The summed E-state index contributed by atoms with van der Waals surface area (Å²) in [5, 5.41) is 9.97. The average molecular weight is 444 g/mol. The van der Waals surface area contributed by atoms with Gasteiger partial charge in [0, 0.05) is 4.43 Å². The third kappa shape index (κ3) is 2.80.